The third-order valence-corrected chi connectivity index (χ3v) is 0.992. The second-order valence-corrected chi connectivity index (χ2v) is 1.45. The van der Waals surface area contributed by atoms with Gasteiger partial charge in [-0.15, -0.1) is 0 Å². The third kappa shape index (κ3) is 5.46. The number of carbonyl (C=O) groups is 1. The average Bonchev–Trinajstić information content (AvgIpc) is 1.69. The molecular formula is C6H9O2Rb. The van der Waals surface area contributed by atoms with Gasteiger partial charge in [-0.05, 0) is 18.9 Å². The summed E-state index contributed by atoms with van der Waals surface area (Å²) in [4.78, 5) is 9.98. The first-order valence-electron chi connectivity index (χ1n) is 2.58. The first-order valence-corrected chi connectivity index (χ1v) is 2.58. The predicted molar refractivity (Wildman–Crippen MR) is 29.1 cm³/mol. The van der Waals surface area contributed by atoms with E-state index in [2.05, 4.69) is 0 Å². The van der Waals surface area contributed by atoms with Gasteiger partial charge < -0.3 is 9.90 Å². The molecule has 46 valence electrons. The van der Waals surface area contributed by atoms with E-state index in [1.54, 1.807) is 19.9 Å². The molecule has 0 aliphatic carbocycles. The molecule has 0 saturated heterocycles. The summed E-state index contributed by atoms with van der Waals surface area (Å²) in [5, 5.41) is 9.98. The number of carboxylic acid groups (broad SMARTS) is 1. The summed E-state index contributed by atoms with van der Waals surface area (Å²) in [5.41, 5.74) is 0.366. The Labute approximate surface area is 104 Å². The van der Waals surface area contributed by atoms with Gasteiger partial charge in [0, 0.05) is 0 Å². The zero-order chi connectivity index (χ0) is 6.57. The maximum absolute atomic E-state index is 9.98. The fraction of sp³-hybridized carbons (Fsp3) is 0.500. The number of hydrogen-bond acceptors (Lipinski definition) is 2. The molecular weight excluding hydrogens is 190 g/mol. The molecule has 3 heteroatoms. The van der Waals surface area contributed by atoms with Gasteiger partial charge in [-0.25, -0.2) is 0 Å². The molecule has 0 aliphatic rings. The normalized spacial score (nSPS) is 10.2. The molecule has 0 unspecified atom stereocenters. The van der Waals surface area contributed by atoms with Crippen molar-refractivity contribution in [3.8, 4) is 0 Å². The van der Waals surface area contributed by atoms with Gasteiger partial charge in [0.1, 0.15) is 0 Å². The molecule has 0 aromatic rings. The van der Waals surface area contributed by atoms with Gasteiger partial charge in [0.2, 0.25) is 0 Å². The summed E-state index contributed by atoms with van der Waals surface area (Å²) >= 11 is 0. The Morgan fingerprint density at radius 3 is 2.11 bits per heavy atom. The van der Waals surface area contributed by atoms with Gasteiger partial charge in [0.05, 0.1) is 5.97 Å². The zero-order valence-electron chi connectivity index (χ0n) is 6.10. The third-order valence-electron chi connectivity index (χ3n) is 0.992. The van der Waals surface area contributed by atoms with Gasteiger partial charge in [-0.3, -0.25) is 0 Å². The summed E-state index contributed by atoms with van der Waals surface area (Å²) in [5.74, 6) is -1.06. The molecule has 0 aromatic heterocycles. The van der Waals surface area contributed by atoms with E-state index in [1.165, 1.54) is 0 Å². The Morgan fingerprint density at radius 1 is 1.67 bits per heavy atom. The summed E-state index contributed by atoms with van der Waals surface area (Å²) in [6.45, 7) is 3.47. The molecule has 2 nitrogen and oxygen atoms in total. The van der Waals surface area contributed by atoms with Crippen LogP contribution in [0.25, 0.3) is 0 Å². The molecule has 0 atom stereocenters. The molecule has 0 radical (unpaired) electrons. The summed E-state index contributed by atoms with van der Waals surface area (Å²) in [6, 6.07) is 0. The van der Waals surface area contributed by atoms with Crippen molar-refractivity contribution in [1.29, 1.82) is 0 Å². The van der Waals surface area contributed by atoms with Crippen LogP contribution in [0, 0.1) is 0 Å². The Bertz CT molecular complexity index is 118. The van der Waals surface area contributed by atoms with Crippen LogP contribution in [0.4, 0.5) is 0 Å². The van der Waals surface area contributed by atoms with E-state index in [0.717, 1.165) is 0 Å². The van der Waals surface area contributed by atoms with Crippen LogP contribution in [-0.4, -0.2) is 5.97 Å². The topological polar surface area (TPSA) is 40.1 Å². The van der Waals surface area contributed by atoms with Crippen molar-refractivity contribution in [1.82, 2.24) is 0 Å². The number of rotatable bonds is 2. The van der Waals surface area contributed by atoms with Crippen molar-refractivity contribution in [2.24, 2.45) is 0 Å². The number of carboxylic acids is 1. The number of hydrogen-bond donors (Lipinski definition) is 0. The van der Waals surface area contributed by atoms with Gasteiger partial charge in [0.15, 0.2) is 0 Å². The van der Waals surface area contributed by atoms with E-state index in [-0.39, 0.29) is 58.2 Å². The maximum Gasteiger partial charge on any atom is 1.00 e. The molecule has 0 fully saturated rings. The molecule has 0 spiro atoms. The molecule has 0 amide bonds. The quantitative estimate of drug-likeness (QED) is 0.447. The molecule has 0 bridgehead atoms. The fourth-order valence-electron chi connectivity index (χ4n) is 0.466. The van der Waals surface area contributed by atoms with Gasteiger partial charge in [-0.1, -0.05) is 13.0 Å². The van der Waals surface area contributed by atoms with E-state index >= 15 is 0 Å². The Morgan fingerprint density at radius 2 is 2.11 bits per heavy atom. The molecule has 0 saturated carbocycles. The first-order chi connectivity index (χ1) is 3.72. The number of carbonyl (C=O) groups excluding carboxylic acids is 1. The van der Waals surface area contributed by atoms with Crippen LogP contribution in [0.1, 0.15) is 20.3 Å². The summed E-state index contributed by atoms with van der Waals surface area (Å²) in [7, 11) is 0. The van der Waals surface area contributed by atoms with Crippen LogP contribution in [0.5, 0.6) is 0 Å². The van der Waals surface area contributed by atoms with Crippen molar-refractivity contribution in [3.63, 3.8) is 0 Å². The largest absolute Gasteiger partial charge is 1.00 e. The van der Waals surface area contributed by atoms with Crippen LogP contribution in [-0.2, 0) is 4.79 Å². The molecule has 0 heterocycles. The molecule has 9 heavy (non-hydrogen) atoms. The minimum absolute atomic E-state index is 0. The smallest absolute Gasteiger partial charge is 0.545 e. The Hall–Kier alpha value is 1.02. The fourth-order valence-corrected chi connectivity index (χ4v) is 0.466. The number of aliphatic carboxylic acids is 1. The number of allylic oxidation sites excluding steroid dienone is 1. The molecule has 0 rings (SSSR count). The second kappa shape index (κ2) is 7.13. The van der Waals surface area contributed by atoms with Gasteiger partial charge in [-0.2, -0.15) is 0 Å². The average molecular weight is 199 g/mol. The van der Waals surface area contributed by atoms with Crippen LogP contribution in [0.2, 0.25) is 0 Å². The minimum Gasteiger partial charge on any atom is -0.545 e. The van der Waals surface area contributed by atoms with Crippen LogP contribution >= 0.6 is 0 Å². The van der Waals surface area contributed by atoms with Gasteiger partial charge in [0.25, 0.3) is 0 Å². The monoisotopic (exact) mass is 198 g/mol. The summed E-state index contributed by atoms with van der Waals surface area (Å²) < 4.78 is 0. The summed E-state index contributed by atoms with van der Waals surface area (Å²) in [6.07, 6.45) is 2.09. The van der Waals surface area contributed by atoms with Crippen LogP contribution in [0.3, 0.4) is 0 Å². The maximum atomic E-state index is 9.98. The predicted octanol–water partition coefficient (Wildman–Crippen LogP) is -2.90. The molecule has 0 N–H and O–H groups in total. The second-order valence-electron chi connectivity index (χ2n) is 1.45. The molecule has 0 aromatic carbocycles. The SMILES string of the molecule is C/C=C(\CC)C(=O)[O-].[Rb+]. The van der Waals surface area contributed by atoms with Crippen molar-refractivity contribution in [2.45, 2.75) is 20.3 Å². The van der Waals surface area contributed by atoms with Crippen molar-refractivity contribution < 1.29 is 68.1 Å². The standard InChI is InChI=1S/C6H10O2.Rb/c1-3-5(4-2)6(7)8;/h3H,4H2,1-2H3,(H,7,8);/q;+1/p-1/b5-3+;. The Kier molecular flexibility index (Phi) is 10.0. The Balaban J connectivity index is 0. The molecule has 0 aliphatic heterocycles. The van der Waals surface area contributed by atoms with E-state index in [9.17, 15) is 9.90 Å². The zero-order valence-corrected chi connectivity index (χ0v) is 11.0. The van der Waals surface area contributed by atoms with Crippen LogP contribution < -0.4 is 63.3 Å². The van der Waals surface area contributed by atoms with E-state index in [0.29, 0.717) is 12.0 Å². The van der Waals surface area contributed by atoms with Crippen molar-refractivity contribution in [2.75, 3.05) is 0 Å². The van der Waals surface area contributed by atoms with E-state index < -0.39 is 5.97 Å². The minimum atomic E-state index is -1.06. The van der Waals surface area contributed by atoms with Crippen molar-refractivity contribution in [3.05, 3.63) is 11.6 Å². The van der Waals surface area contributed by atoms with Crippen LogP contribution in [0.15, 0.2) is 11.6 Å². The van der Waals surface area contributed by atoms with E-state index in [4.69, 9.17) is 0 Å². The van der Waals surface area contributed by atoms with Gasteiger partial charge >= 0.3 is 58.2 Å². The van der Waals surface area contributed by atoms with Crippen molar-refractivity contribution >= 4 is 5.97 Å². The van der Waals surface area contributed by atoms with E-state index in [1.807, 2.05) is 0 Å². The first kappa shape index (κ1) is 12.7.